The van der Waals surface area contributed by atoms with Crippen LogP contribution in [0.3, 0.4) is 0 Å². The molecule has 0 unspecified atom stereocenters. The summed E-state index contributed by atoms with van der Waals surface area (Å²) >= 11 is 2.27. The Kier molecular flexibility index (Phi) is 4.55. The molecule has 0 spiro atoms. The first-order valence-electron chi connectivity index (χ1n) is 7.81. The number of aromatic amines is 1. The molecule has 0 bridgehead atoms. The van der Waals surface area contributed by atoms with E-state index in [1.54, 1.807) is 0 Å². The molecule has 9 nitrogen and oxygen atoms in total. The third-order valence-electron chi connectivity index (χ3n) is 3.83. The summed E-state index contributed by atoms with van der Waals surface area (Å²) in [6, 6.07) is 7.69. The summed E-state index contributed by atoms with van der Waals surface area (Å²) in [4.78, 5) is 40.6. The van der Waals surface area contributed by atoms with Crippen molar-refractivity contribution in [2.45, 2.75) is 5.16 Å². The zero-order chi connectivity index (χ0) is 18.1. The number of imidazole rings is 1. The maximum Gasteiger partial charge on any atom is 0.288 e. The number of hydrogen-bond acceptors (Lipinski definition) is 7. The molecule has 11 heteroatoms. The second kappa shape index (κ2) is 7.00. The van der Waals surface area contributed by atoms with E-state index in [9.17, 15) is 14.4 Å². The molecule has 0 atom stereocenters. The standard InChI is InChI=1S/C15H14N6O3S2/c22-11(16-5-6-20-12(23)8-26-15(20)24)7-25-14-19-18-13-17-9-3-1-2-4-10(9)21(13)14/h1-4H,5-8H2,(H,16,22)(H,17,18). The average Bonchev–Trinajstić information content (AvgIpc) is 3.29. The molecule has 3 amide bonds. The second-order valence-corrected chi connectivity index (χ2v) is 7.37. The molecule has 26 heavy (non-hydrogen) atoms. The fourth-order valence-corrected chi connectivity index (χ4v) is 4.16. The number of para-hydroxylation sites is 2. The van der Waals surface area contributed by atoms with Crippen LogP contribution in [-0.2, 0) is 9.59 Å². The highest BCUT2D eigenvalue weighted by molar-refractivity contribution is 8.14. The van der Waals surface area contributed by atoms with Gasteiger partial charge in [0.15, 0.2) is 5.16 Å². The van der Waals surface area contributed by atoms with Crippen LogP contribution in [-0.4, -0.2) is 66.1 Å². The van der Waals surface area contributed by atoms with Gasteiger partial charge in [-0.3, -0.25) is 23.7 Å². The van der Waals surface area contributed by atoms with Gasteiger partial charge in [0.05, 0.1) is 22.5 Å². The number of benzene rings is 1. The lowest BCUT2D eigenvalue weighted by Crippen LogP contribution is -2.38. The number of fused-ring (bicyclic) bond motifs is 3. The largest absolute Gasteiger partial charge is 0.354 e. The van der Waals surface area contributed by atoms with Crippen molar-refractivity contribution in [3.05, 3.63) is 24.3 Å². The van der Waals surface area contributed by atoms with Crippen molar-refractivity contribution in [2.75, 3.05) is 24.6 Å². The first-order valence-corrected chi connectivity index (χ1v) is 9.79. The van der Waals surface area contributed by atoms with Gasteiger partial charge in [-0.1, -0.05) is 35.7 Å². The maximum atomic E-state index is 12.0. The van der Waals surface area contributed by atoms with E-state index >= 15 is 0 Å². The Labute approximate surface area is 155 Å². The Morgan fingerprint density at radius 2 is 2.19 bits per heavy atom. The molecule has 0 aliphatic carbocycles. The predicted octanol–water partition coefficient (Wildman–Crippen LogP) is 1.11. The Morgan fingerprint density at radius 1 is 1.35 bits per heavy atom. The van der Waals surface area contributed by atoms with Crippen molar-refractivity contribution < 1.29 is 14.4 Å². The van der Waals surface area contributed by atoms with Crippen molar-refractivity contribution in [2.24, 2.45) is 0 Å². The molecule has 1 fully saturated rings. The van der Waals surface area contributed by atoms with Gasteiger partial charge in [-0.05, 0) is 12.1 Å². The minimum absolute atomic E-state index is 0.170. The molecule has 4 rings (SSSR count). The second-order valence-electron chi connectivity index (χ2n) is 5.50. The van der Waals surface area contributed by atoms with E-state index in [1.165, 1.54) is 11.8 Å². The van der Waals surface area contributed by atoms with Gasteiger partial charge < -0.3 is 5.32 Å². The van der Waals surface area contributed by atoms with Crippen LogP contribution in [0.1, 0.15) is 0 Å². The number of hydrogen-bond donors (Lipinski definition) is 2. The van der Waals surface area contributed by atoms with Crippen LogP contribution in [0.2, 0.25) is 0 Å². The average molecular weight is 390 g/mol. The van der Waals surface area contributed by atoms with Gasteiger partial charge in [0.25, 0.3) is 5.24 Å². The molecule has 134 valence electrons. The maximum absolute atomic E-state index is 12.0. The van der Waals surface area contributed by atoms with Crippen LogP contribution >= 0.6 is 23.5 Å². The lowest BCUT2D eigenvalue weighted by Gasteiger charge is -2.12. The van der Waals surface area contributed by atoms with Crippen molar-refractivity contribution in [3.8, 4) is 0 Å². The highest BCUT2D eigenvalue weighted by Crippen LogP contribution is 2.22. The predicted molar refractivity (Wildman–Crippen MR) is 98.1 cm³/mol. The zero-order valence-corrected chi connectivity index (χ0v) is 15.1. The SMILES string of the molecule is O=C(CSc1n[nH]c2nc3ccccc3n12)NCCN1C(=O)CSC1=O. The van der Waals surface area contributed by atoms with Gasteiger partial charge in [0.1, 0.15) is 0 Å². The fourth-order valence-electron chi connectivity index (χ4n) is 2.62. The number of carbonyl (C=O) groups is 3. The van der Waals surface area contributed by atoms with Crippen LogP contribution < -0.4 is 5.32 Å². The lowest BCUT2D eigenvalue weighted by molar-refractivity contribution is -0.125. The number of carbonyl (C=O) groups excluding carboxylic acids is 3. The molecule has 3 aromatic rings. The number of rotatable bonds is 6. The van der Waals surface area contributed by atoms with Crippen molar-refractivity contribution in [1.29, 1.82) is 0 Å². The molecule has 2 N–H and O–H groups in total. The van der Waals surface area contributed by atoms with E-state index in [4.69, 9.17) is 0 Å². The van der Waals surface area contributed by atoms with Gasteiger partial charge in [-0.2, -0.15) is 0 Å². The summed E-state index contributed by atoms with van der Waals surface area (Å²) in [5.74, 6) is 0.564. The summed E-state index contributed by atoms with van der Waals surface area (Å²) in [6.07, 6.45) is 0. The van der Waals surface area contributed by atoms with Gasteiger partial charge in [-0.15, -0.1) is 5.10 Å². The molecule has 0 saturated carbocycles. The van der Waals surface area contributed by atoms with Crippen LogP contribution in [0.25, 0.3) is 16.8 Å². The highest BCUT2D eigenvalue weighted by atomic mass is 32.2. The minimum Gasteiger partial charge on any atom is -0.354 e. The lowest BCUT2D eigenvalue weighted by atomic mass is 10.3. The first kappa shape index (κ1) is 16.9. The number of thioether (sulfide) groups is 2. The number of nitrogens with one attached hydrogen (secondary N) is 2. The molecule has 1 saturated heterocycles. The van der Waals surface area contributed by atoms with Gasteiger partial charge in [-0.25, -0.2) is 10.1 Å². The zero-order valence-electron chi connectivity index (χ0n) is 13.5. The summed E-state index contributed by atoms with van der Waals surface area (Å²) in [5, 5.41) is 10.2. The third-order valence-corrected chi connectivity index (χ3v) is 5.63. The molecule has 2 aromatic heterocycles. The van der Waals surface area contributed by atoms with E-state index < -0.39 is 0 Å². The Bertz CT molecular complexity index is 997. The Hall–Kier alpha value is -2.53. The first-order chi connectivity index (χ1) is 12.6. The Balaban J connectivity index is 1.34. The summed E-state index contributed by atoms with van der Waals surface area (Å²) < 4.78 is 1.87. The number of nitrogens with zero attached hydrogens (tertiary/aromatic N) is 4. The van der Waals surface area contributed by atoms with Crippen LogP contribution in [0.5, 0.6) is 0 Å². The topological polar surface area (TPSA) is 112 Å². The molecular weight excluding hydrogens is 376 g/mol. The number of imide groups is 1. The molecule has 1 aliphatic heterocycles. The van der Waals surface area contributed by atoms with Gasteiger partial charge in [0.2, 0.25) is 17.6 Å². The molecule has 1 aliphatic rings. The van der Waals surface area contributed by atoms with E-state index in [0.29, 0.717) is 10.9 Å². The van der Waals surface area contributed by atoms with Crippen LogP contribution in [0, 0.1) is 0 Å². The summed E-state index contributed by atoms with van der Waals surface area (Å²) in [7, 11) is 0. The fraction of sp³-hybridized carbons (Fsp3) is 0.267. The molecule has 3 heterocycles. The number of amides is 3. The summed E-state index contributed by atoms with van der Waals surface area (Å²) in [5.41, 5.74) is 1.77. The van der Waals surface area contributed by atoms with E-state index in [1.807, 2.05) is 28.7 Å². The van der Waals surface area contributed by atoms with Crippen LogP contribution in [0.15, 0.2) is 29.4 Å². The normalized spacial score (nSPS) is 14.7. The third kappa shape index (κ3) is 3.15. The van der Waals surface area contributed by atoms with Crippen molar-refractivity contribution >= 4 is 57.4 Å². The monoisotopic (exact) mass is 390 g/mol. The van der Waals surface area contributed by atoms with Crippen LogP contribution in [0.4, 0.5) is 4.79 Å². The molecule has 0 radical (unpaired) electrons. The minimum atomic E-state index is -0.260. The van der Waals surface area contributed by atoms with Crippen molar-refractivity contribution in [3.63, 3.8) is 0 Å². The smallest absolute Gasteiger partial charge is 0.288 e. The van der Waals surface area contributed by atoms with Crippen molar-refractivity contribution in [1.82, 2.24) is 29.8 Å². The van der Waals surface area contributed by atoms with Gasteiger partial charge >= 0.3 is 0 Å². The number of aromatic nitrogens is 4. The van der Waals surface area contributed by atoms with Gasteiger partial charge in [0, 0.05) is 13.1 Å². The Morgan fingerprint density at radius 3 is 3.00 bits per heavy atom. The van der Waals surface area contributed by atoms with E-state index in [2.05, 4.69) is 20.5 Å². The summed E-state index contributed by atoms with van der Waals surface area (Å²) in [6.45, 7) is 0.432. The highest BCUT2D eigenvalue weighted by Gasteiger charge is 2.29. The molecular formula is C15H14N6O3S2. The number of H-pyrrole nitrogens is 1. The van der Waals surface area contributed by atoms with E-state index in [0.717, 1.165) is 27.7 Å². The molecule has 1 aromatic carbocycles. The quantitative estimate of drug-likeness (QED) is 0.606. The van der Waals surface area contributed by atoms with E-state index in [-0.39, 0.29) is 41.6 Å².